The lowest BCUT2D eigenvalue weighted by Crippen LogP contribution is -2.18. The van der Waals surface area contributed by atoms with Gasteiger partial charge in [-0.1, -0.05) is 12.1 Å². The maximum absolute atomic E-state index is 9.70. The third-order valence-electron chi connectivity index (χ3n) is 3.06. The van der Waals surface area contributed by atoms with Gasteiger partial charge in [-0.3, -0.25) is 4.68 Å². The van der Waals surface area contributed by atoms with E-state index in [0.29, 0.717) is 6.42 Å². The lowest BCUT2D eigenvalue weighted by atomic mass is 9.94. The Kier molecular flexibility index (Phi) is 4.13. The molecule has 0 saturated carbocycles. The van der Waals surface area contributed by atoms with Gasteiger partial charge in [0.05, 0.1) is 0 Å². The van der Waals surface area contributed by atoms with Crippen LogP contribution >= 0.6 is 0 Å². The summed E-state index contributed by atoms with van der Waals surface area (Å²) in [5.74, 6) is 0.789. The molecule has 6 nitrogen and oxygen atoms in total. The molecule has 0 fully saturated rings. The number of rotatable bonds is 5. The predicted molar refractivity (Wildman–Crippen MR) is 68.6 cm³/mol. The van der Waals surface area contributed by atoms with Crippen LogP contribution in [0.25, 0.3) is 0 Å². The van der Waals surface area contributed by atoms with Crippen molar-refractivity contribution in [3.05, 3.63) is 42.0 Å². The van der Waals surface area contributed by atoms with Crippen LogP contribution in [0, 0.1) is 0 Å². The molecule has 0 spiro atoms. The third-order valence-corrected chi connectivity index (χ3v) is 3.06. The second kappa shape index (κ2) is 5.81. The monoisotopic (exact) mass is 263 g/mol. The van der Waals surface area contributed by atoms with E-state index in [1.54, 1.807) is 36.0 Å². The van der Waals surface area contributed by atoms with E-state index >= 15 is 0 Å². The largest absolute Gasteiger partial charge is 0.508 e. The minimum absolute atomic E-state index is 0.150. The number of phenols is 1. The zero-order valence-electron chi connectivity index (χ0n) is 10.9. The number of aliphatic hydroxyl groups is 1. The summed E-state index contributed by atoms with van der Waals surface area (Å²) in [7, 11) is 3.25. The highest BCUT2D eigenvalue weighted by molar-refractivity contribution is 5.31. The molecule has 102 valence electrons. The first kappa shape index (κ1) is 13.5. The summed E-state index contributed by atoms with van der Waals surface area (Å²) in [5.41, 5.74) is 0.935. The highest BCUT2D eigenvalue weighted by Crippen LogP contribution is 2.28. The Morgan fingerprint density at radius 1 is 1.32 bits per heavy atom. The number of nitrogens with zero attached hydrogens (tertiary/aromatic N) is 3. The van der Waals surface area contributed by atoms with Crippen LogP contribution in [0.3, 0.4) is 0 Å². The average Bonchev–Trinajstić information content (AvgIpc) is 2.83. The summed E-state index contributed by atoms with van der Waals surface area (Å²) in [5, 5.41) is 23.1. The van der Waals surface area contributed by atoms with Gasteiger partial charge in [-0.2, -0.15) is 5.10 Å². The van der Waals surface area contributed by atoms with E-state index < -0.39 is 6.29 Å². The van der Waals surface area contributed by atoms with Gasteiger partial charge in [0.2, 0.25) is 0 Å². The number of ether oxygens (including phenoxy) is 1. The van der Waals surface area contributed by atoms with Gasteiger partial charge >= 0.3 is 0 Å². The maximum atomic E-state index is 9.70. The highest BCUT2D eigenvalue weighted by Gasteiger charge is 2.22. The highest BCUT2D eigenvalue weighted by atomic mass is 16.6. The van der Waals surface area contributed by atoms with Crippen LogP contribution in [0.15, 0.2) is 30.6 Å². The van der Waals surface area contributed by atoms with Crippen molar-refractivity contribution in [2.75, 3.05) is 7.11 Å². The Morgan fingerprint density at radius 2 is 2.00 bits per heavy atom. The van der Waals surface area contributed by atoms with E-state index in [9.17, 15) is 10.2 Å². The normalized spacial score (nSPS) is 14.3. The van der Waals surface area contributed by atoms with Crippen molar-refractivity contribution in [3.8, 4) is 5.75 Å². The van der Waals surface area contributed by atoms with E-state index in [0.717, 1.165) is 11.4 Å². The van der Waals surface area contributed by atoms with Gasteiger partial charge in [-0.25, -0.2) is 4.98 Å². The molecule has 2 rings (SSSR count). The SMILES string of the molecule is COC(O)C[C@@H](c1ccc(O)cc1)c1ncnn1C. The molecule has 0 aliphatic heterocycles. The van der Waals surface area contributed by atoms with Crippen LogP contribution in [0.4, 0.5) is 0 Å². The number of aromatic hydroxyl groups is 1. The van der Waals surface area contributed by atoms with Gasteiger partial charge < -0.3 is 14.9 Å². The molecule has 0 aliphatic carbocycles. The maximum Gasteiger partial charge on any atom is 0.155 e. The minimum Gasteiger partial charge on any atom is -0.508 e. The summed E-state index contributed by atoms with van der Waals surface area (Å²) < 4.78 is 6.58. The quantitative estimate of drug-likeness (QED) is 0.787. The number of aryl methyl sites for hydroxylation is 1. The van der Waals surface area contributed by atoms with Crippen LogP contribution in [0.2, 0.25) is 0 Å². The molecule has 19 heavy (non-hydrogen) atoms. The van der Waals surface area contributed by atoms with Crippen LogP contribution in [-0.2, 0) is 11.8 Å². The Labute approximate surface area is 111 Å². The van der Waals surface area contributed by atoms with Crippen LogP contribution in [0.5, 0.6) is 5.75 Å². The van der Waals surface area contributed by atoms with E-state index in [2.05, 4.69) is 10.1 Å². The first-order valence-corrected chi connectivity index (χ1v) is 5.95. The smallest absolute Gasteiger partial charge is 0.155 e. The zero-order valence-corrected chi connectivity index (χ0v) is 10.9. The van der Waals surface area contributed by atoms with Crippen molar-refractivity contribution in [3.63, 3.8) is 0 Å². The summed E-state index contributed by atoms with van der Waals surface area (Å²) in [6.45, 7) is 0. The lowest BCUT2D eigenvalue weighted by Gasteiger charge is -2.19. The molecule has 0 bridgehead atoms. The van der Waals surface area contributed by atoms with Crippen LogP contribution in [0.1, 0.15) is 23.7 Å². The Morgan fingerprint density at radius 3 is 2.53 bits per heavy atom. The summed E-state index contributed by atoms with van der Waals surface area (Å²) in [4.78, 5) is 4.22. The van der Waals surface area contributed by atoms with Gasteiger partial charge in [0.1, 0.15) is 17.9 Å². The third kappa shape index (κ3) is 3.10. The zero-order chi connectivity index (χ0) is 13.8. The molecular formula is C13H17N3O3. The second-order valence-electron chi connectivity index (χ2n) is 4.31. The number of methoxy groups -OCH3 is 1. The molecule has 1 unspecified atom stereocenters. The fourth-order valence-corrected chi connectivity index (χ4v) is 2.02. The van der Waals surface area contributed by atoms with Crippen molar-refractivity contribution in [1.29, 1.82) is 0 Å². The van der Waals surface area contributed by atoms with Gasteiger partial charge in [0.25, 0.3) is 0 Å². The van der Waals surface area contributed by atoms with Crippen molar-refractivity contribution >= 4 is 0 Å². The number of aliphatic hydroxyl groups excluding tert-OH is 1. The second-order valence-corrected chi connectivity index (χ2v) is 4.31. The van der Waals surface area contributed by atoms with Crippen LogP contribution < -0.4 is 0 Å². The molecule has 2 atom stereocenters. The molecular weight excluding hydrogens is 246 g/mol. The van der Waals surface area contributed by atoms with Crippen molar-refractivity contribution in [1.82, 2.24) is 14.8 Å². The molecule has 0 amide bonds. The number of benzene rings is 1. The number of aromatic nitrogens is 3. The van der Waals surface area contributed by atoms with Crippen molar-refractivity contribution < 1.29 is 14.9 Å². The molecule has 1 heterocycles. The van der Waals surface area contributed by atoms with Crippen LogP contribution in [-0.4, -0.2) is 38.4 Å². The molecule has 0 aliphatic rings. The molecule has 6 heteroatoms. The van der Waals surface area contributed by atoms with Gasteiger partial charge in [-0.05, 0) is 17.7 Å². The molecule has 1 aromatic heterocycles. The summed E-state index contributed by atoms with van der Waals surface area (Å²) in [6.07, 6.45) is 0.964. The topological polar surface area (TPSA) is 80.4 Å². The Hall–Kier alpha value is -1.92. The molecule has 0 radical (unpaired) electrons. The first-order valence-electron chi connectivity index (χ1n) is 5.95. The van der Waals surface area contributed by atoms with Crippen molar-refractivity contribution in [2.24, 2.45) is 7.05 Å². The number of phenolic OH excluding ortho intramolecular Hbond substituents is 1. The Bertz CT molecular complexity index is 524. The molecule has 1 aromatic carbocycles. The molecule has 2 N–H and O–H groups in total. The Balaban J connectivity index is 2.34. The average molecular weight is 263 g/mol. The standard InChI is InChI=1S/C13H17N3O3/c1-16-13(14-8-15-16)11(7-12(18)19-2)9-3-5-10(17)6-4-9/h3-6,8,11-12,17-18H,7H2,1-2H3/t11-,12?/m0/s1. The fourth-order valence-electron chi connectivity index (χ4n) is 2.02. The lowest BCUT2D eigenvalue weighted by molar-refractivity contribution is -0.0807. The number of hydrogen-bond acceptors (Lipinski definition) is 5. The predicted octanol–water partition coefficient (Wildman–Crippen LogP) is 1.01. The first-order chi connectivity index (χ1) is 9.11. The fraction of sp³-hybridized carbons (Fsp3) is 0.385. The molecule has 2 aromatic rings. The van der Waals surface area contributed by atoms with E-state index in [1.165, 1.54) is 13.4 Å². The van der Waals surface area contributed by atoms with Crippen molar-refractivity contribution in [2.45, 2.75) is 18.6 Å². The summed E-state index contributed by atoms with van der Waals surface area (Å²) in [6, 6.07) is 6.82. The number of hydrogen-bond donors (Lipinski definition) is 2. The molecule has 0 saturated heterocycles. The van der Waals surface area contributed by atoms with E-state index in [-0.39, 0.29) is 11.7 Å². The summed E-state index contributed by atoms with van der Waals surface area (Å²) >= 11 is 0. The van der Waals surface area contributed by atoms with E-state index in [1.807, 2.05) is 0 Å². The van der Waals surface area contributed by atoms with Gasteiger partial charge in [0.15, 0.2) is 6.29 Å². The van der Waals surface area contributed by atoms with Gasteiger partial charge in [0, 0.05) is 26.5 Å². The minimum atomic E-state index is -0.879. The van der Waals surface area contributed by atoms with Gasteiger partial charge in [-0.15, -0.1) is 0 Å². The van der Waals surface area contributed by atoms with E-state index in [4.69, 9.17) is 4.74 Å².